The Kier molecular flexibility index (Phi) is 5.56. The molecule has 0 spiro atoms. The topological polar surface area (TPSA) is 116 Å². The number of aryl methyl sites for hydroxylation is 1. The Hall–Kier alpha value is -2.82. The number of carbonyl (C=O) groups excluding carboxylic acids is 2. The second-order valence-corrected chi connectivity index (χ2v) is 8.13. The molecule has 0 saturated carbocycles. The number of nitrogens with zero attached hydrogens (tertiary/aromatic N) is 2. The first kappa shape index (κ1) is 19.5. The monoisotopic (exact) mass is 430 g/mol. The molecule has 0 aliphatic heterocycles. The molecule has 0 unspecified atom stereocenters. The summed E-state index contributed by atoms with van der Waals surface area (Å²) in [7, 11) is 1.56. The number of fused-ring (bicyclic) bond motifs is 3. The molecule has 0 radical (unpaired) electrons. The van der Waals surface area contributed by atoms with Crippen molar-refractivity contribution in [2.75, 3.05) is 20.3 Å². The van der Waals surface area contributed by atoms with E-state index in [1.165, 1.54) is 29.1 Å². The molecule has 0 bridgehead atoms. The van der Waals surface area contributed by atoms with Gasteiger partial charge in [-0.05, 0) is 41.6 Å². The van der Waals surface area contributed by atoms with E-state index in [1.807, 2.05) is 6.20 Å². The van der Waals surface area contributed by atoms with E-state index in [2.05, 4.69) is 14.7 Å². The molecule has 3 N–H and O–H groups in total. The summed E-state index contributed by atoms with van der Waals surface area (Å²) < 4.78 is 15.3. The molecule has 10 heteroatoms. The number of pyridine rings is 1. The van der Waals surface area contributed by atoms with E-state index >= 15 is 0 Å². The van der Waals surface area contributed by atoms with Gasteiger partial charge >= 0.3 is 0 Å². The lowest BCUT2D eigenvalue weighted by Gasteiger charge is -2.14. The van der Waals surface area contributed by atoms with E-state index in [4.69, 9.17) is 15.2 Å². The number of rotatable bonds is 7. The van der Waals surface area contributed by atoms with Gasteiger partial charge in [-0.2, -0.15) is 0 Å². The minimum Gasteiger partial charge on any atom is -0.446 e. The van der Waals surface area contributed by atoms with E-state index in [0.717, 1.165) is 28.0 Å². The molecule has 3 aromatic heterocycles. The molecule has 0 aromatic carbocycles. The summed E-state index contributed by atoms with van der Waals surface area (Å²) in [5.74, 6) is -0.334. The zero-order valence-electron chi connectivity index (χ0n) is 15.6. The van der Waals surface area contributed by atoms with Crippen molar-refractivity contribution >= 4 is 34.7 Å². The molecule has 150 valence electrons. The summed E-state index contributed by atoms with van der Waals surface area (Å²) >= 11 is 2.59. The molecule has 8 nitrogen and oxygen atoms in total. The van der Waals surface area contributed by atoms with Crippen molar-refractivity contribution in [2.45, 2.75) is 12.8 Å². The van der Waals surface area contributed by atoms with Gasteiger partial charge in [-0.15, -0.1) is 0 Å². The van der Waals surface area contributed by atoms with Crippen LogP contribution in [0.25, 0.3) is 10.4 Å². The van der Waals surface area contributed by atoms with E-state index in [1.54, 1.807) is 19.2 Å². The highest BCUT2D eigenvalue weighted by atomic mass is 32.1. The third kappa shape index (κ3) is 3.86. The Morgan fingerprint density at radius 2 is 2.21 bits per heavy atom. The molecular formula is C19H18N4O4S2. The van der Waals surface area contributed by atoms with Crippen LogP contribution < -0.4 is 15.8 Å². The Morgan fingerprint density at radius 3 is 3.00 bits per heavy atom. The van der Waals surface area contributed by atoms with Crippen LogP contribution in [0.2, 0.25) is 0 Å². The van der Waals surface area contributed by atoms with Crippen molar-refractivity contribution in [3.63, 3.8) is 0 Å². The van der Waals surface area contributed by atoms with Crippen molar-refractivity contribution in [3.05, 3.63) is 46.2 Å². The zero-order chi connectivity index (χ0) is 20.4. The predicted octanol–water partition coefficient (Wildman–Crippen LogP) is 2.63. The number of aromatic nitrogens is 2. The number of amides is 2. The van der Waals surface area contributed by atoms with Gasteiger partial charge in [0.25, 0.3) is 11.8 Å². The first-order chi connectivity index (χ1) is 14.1. The molecule has 1 aliphatic rings. The van der Waals surface area contributed by atoms with Gasteiger partial charge in [0.05, 0.1) is 21.9 Å². The molecule has 0 atom stereocenters. The second kappa shape index (κ2) is 8.27. The number of carbonyl (C=O) groups is 2. The van der Waals surface area contributed by atoms with Crippen molar-refractivity contribution < 1.29 is 19.1 Å². The highest BCUT2D eigenvalue weighted by Crippen LogP contribution is 2.49. The first-order valence-corrected chi connectivity index (χ1v) is 10.5. The average Bonchev–Trinajstić information content (AvgIpc) is 3.32. The predicted molar refractivity (Wildman–Crippen MR) is 110 cm³/mol. The largest absolute Gasteiger partial charge is 0.446 e. The number of nitrogens with one attached hydrogen (secondary N) is 1. The number of ether oxygens (including phenoxy) is 2. The summed E-state index contributed by atoms with van der Waals surface area (Å²) in [6.45, 7) is 0.799. The Bertz CT molecular complexity index is 1080. The van der Waals surface area contributed by atoms with Crippen molar-refractivity contribution in [2.24, 2.45) is 5.73 Å². The molecule has 29 heavy (non-hydrogen) atoms. The minimum absolute atomic E-state index is 0.234. The van der Waals surface area contributed by atoms with Crippen LogP contribution in [0, 0.1) is 0 Å². The number of nitrogens with two attached hydrogens (primary N) is 1. The normalized spacial score (nSPS) is 12.2. The van der Waals surface area contributed by atoms with Gasteiger partial charge < -0.3 is 20.5 Å². The molecular weight excluding hydrogens is 412 g/mol. The quantitative estimate of drug-likeness (QED) is 0.557. The lowest BCUT2D eigenvalue weighted by Crippen LogP contribution is -2.27. The summed E-state index contributed by atoms with van der Waals surface area (Å²) in [5.41, 5.74) is 8.73. The summed E-state index contributed by atoms with van der Waals surface area (Å²) in [6.07, 6.45) is 4.88. The first-order valence-electron chi connectivity index (χ1n) is 8.89. The van der Waals surface area contributed by atoms with Crippen LogP contribution >= 0.6 is 22.9 Å². The highest BCUT2D eigenvalue weighted by molar-refractivity contribution is 7.17. The van der Waals surface area contributed by atoms with Crippen LogP contribution in [0.1, 0.15) is 31.3 Å². The zero-order valence-corrected chi connectivity index (χ0v) is 17.2. The van der Waals surface area contributed by atoms with Crippen LogP contribution in [0.4, 0.5) is 0 Å². The fourth-order valence-corrected chi connectivity index (χ4v) is 5.16. The Balaban J connectivity index is 1.65. The van der Waals surface area contributed by atoms with Gasteiger partial charge in [-0.3, -0.25) is 14.6 Å². The van der Waals surface area contributed by atoms with E-state index in [0.29, 0.717) is 35.3 Å². The summed E-state index contributed by atoms with van der Waals surface area (Å²) in [5, 5.41) is 3.29. The molecule has 4 rings (SSSR count). The van der Waals surface area contributed by atoms with Crippen molar-refractivity contribution in [1.82, 2.24) is 14.7 Å². The lowest BCUT2D eigenvalue weighted by molar-refractivity contribution is 0.0931. The maximum atomic E-state index is 12.2. The maximum absolute atomic E-state index is 12.2. The molecule has 0 fully saturated rings. The van der Waals surface area contributed by atoms with Gasteiger partial charge in [0.15, 0.2) is 5.06 Å². The number of thiophene rings is 1. The number of primary amides is 1. The third-order valence-electron chi connectivity index (χ3n) is 4.48. The number of methoxy groups -OCH3 is 1. The van der Waals surface area contributed by atoms with Crippen LogP contribution in [0.15, 0.2) is 24.5 Å². The van der Waals surface area contributed by atoms with Crippen molar-refractivity contribution in [1.29, 1.82) is 0 Å². The fourth-order valence-electron chi connectivity index (χ4n) is 3.15. The van der Waals surface area contributed by atoms with E-state index < -0.39 is 5.91 Å². The maximum Gasteiger partial charge on any atom is 0.270 e. The summed E-state index contributed by atoms with van der Waals surface area (Å²) in [6, 6.07) is 3.23. The van der Waals surface area contributed by atoms with Crippen LogP contribution in [0.3, 0.4) is 0 Å². The standard InChI is InChI=1S/C19H18N4O4S2/c1-26-7-6-22-18(25)13-8-11(4-5-21-13)27-19-14-12(16(28-19)17(20)24)3-2-10-9-23-29-15(10)14/h4-5,8-9H,2-3,6-7H2,1H3,(H2,20,24)(H,22,25). The van der Waals surface area contributed by atoms with Crippen LogP contribution in [0.5, 0.6) is 10.8 Å². The lowest BCUT2D eigenvalue weighted by atomic mass is 9.93. The SMILES string of the molecule is COCCNC(=O)c1cc(Oc2sc(C(N)=O)c3c2-c2sncc2CC3)ccn1. The Morgan fingerprint density at radius 1 is 1.34 bits per heavy atom. The van der Waals surface area contributed by atoms with Crippen LogP contribution in [-0.2, 0) is 17.6 Å². The van der Waals surface area contributed by atoms with Gasteiger partial charge in [0.2, 0.25) is 0 Å². The van der Waals surface area contributed by atoms with E-state index in [9.17, 15) is 9.59 Å². The molecule has 3 aromatic rings. The molecule has 1 aliphatic carbocycles. The number of hydrogen-bond acceptors (Lipinski definition) is 8. The highest BCUT2D eigenvalue weighted by Gasteiger charge is 2.30. The van der Waals surface area contributed by atoms with Gasteiger partial charge in [-0.1, -0.05) is 11.3 Å². The second-order valence-electron chi connectivity index (χ2n) is 6.34. The van der Waals surface area contributed by atoms with Gasteiger partial charge in [0.1, 0.15) is 11.4 Å². The molecule has 0 saturated heterocycles. The summed E-state index contributed by atoms with van der Waals surface area (Å²) in [4.78, 5) is 29.8. The Labute approximate surface area is 174 Å². The fraction of sp³-hybridized carbons (Fsp3) is 0.263. The molecule has 3 heterocycles. The molecule has 2 amide bonds. The van der Waals surface area contributed by atoms with Gasteiger partial charge in [0, 0.05) is 32.1 Å². The van der Waals surface area contributed by atoms with Crippen molar-refractivity contribution in [3.8, 4) is 21.3 Å². The minimum atomic E-state index is -0.470. The van der Waals surface area contributed by atoms with Gasteiger partial charge in [-0.25, -0.2) is 4.37 Å². The third-order valence-corrected chi connectivity index (χ3v) is 6.46. The van der Waals surface area contributed by atoms with E-state index in [-0.39, 0.29) is 11.6 Å². The average molecular weight is 431 g/mol. The smallest absolute Gasteiger partial charge is 0.270 e. The van der Waals surface area contributed by atoms with Crippen LogP contribution in [-0.4, -0.2) is 41.4 Å². The number of hydrogen-bond donors (Lipinski definition) is 2.